The van der Waals surface area contributed by atoms with Crippen LogP contribution in [-0.2, 0) is 10.2 Å². The number of benzene rings is 1. The molecule has 1 heterocycles. The van der Waals surface area contributed by atoms with E-state index in [1.807, 2.05) is 39.8 Å². The van der Waals surface area contributed by atoms with Crippen LogP contribution >= 0.6 is 0 Å². The van der Waals surface area contributed by atoms with Gasteiger partial charge >= 0.3 is 6.09 Å². The Balaban J connectivity index is 2.38. The van der Waals surface area contributed by atoms with Gasteiger partial charge in [-0.2, -0.15) is 0 Å². The van der Waals surface area contributed by atoms with Crippen molar-refractivity contribution in [2.45, 2.75) is 58.6 Å². The van der Waals surface area contributed by atoms with Gasteiger partial charge in [-0.3, -0.25) is 0 Å². The zero-order valence-electron chi connectivity index (χ0n) is 13.9. The lowest BCUT2D eigenvalue weighted by molar-refractivity contribution is 0.00998. The summed E-state index contributed by atoms with van der Waals surface area (Å²) < 4.78 is 5.54. The molecule has 4 heteroatoms. The minimum Gasteiger partial charge on any atom is -0.444 e. The van der Waals surface area contributed by atoms with Crippen molar-refractivity contribution in [1.82, 2.24) is 4.90 Å². The van der Waals surface area contributed by atoms with E-state index < -0.39 is 5.60 Å². The fraction of sp³-hybridized carbons (Fsp3) is 0.588. The summed E-state index contributed by atoms with van der Waals surface area (Å²) in [6.07, 6.45) is -0.267. The predicted molar refractivity (Wildman–Crippen MR) is 85.2 cm³/mol. The summed E-state index contributed by atoms with van der Waals surface area (Å²) in [5, 5.41) is 0. The number of hydrogen-bond donors (Lipinski definition) is 1. The zero-order valence-corrected chi connectivity index (χ0v) is 13.9. The first kappa shape index (κ1) is 15.7. The summed E-state index contributed by atoms with van der Waals surface area (Å²) in [6.45, 7) is 12.6. The van der Waals surface area contributed by atoms with Crippen molar-refractivity contribution in [3.63, 3.8) is 0 Å². The van der Waals surface area contributed by atoms with Crippen LogP contribution in [0.5, 0.6) is 0 Å². The number of amides is 1. The lowest BCUT2D eigenvalue weighted by atomic mass is 9.76. The molecule has 21 heavy (non-hydrogen) atoms. The van der Waals surface area contributed by atoms with Crippen LogP contribution in [-0.4, -0.2) is 23.1 Å². The summed E-state index contributed by atoms with van der Waals surface area (Å²) in [4.78, 5) is 14.3. The van der Waals surface area contributed by atoms with Crippen molar-refractivity contribution < 1.29 is 9.53 Å². The third-order valence-corrected chi connectivity index (χ3v) is 3.92. The van der Waals surface area contributed by atoms with Gasteiger partial charge in [0.2, 0.25) is 0 Å². The maximum atomic E-state index is 12.5. The summed E-state index contributed by atoms with van der Waals surface area (Å²) >= 11 is 0. The molecule has 4 nitrogen and oxygen atoms in total. The van der Waals surface area contributed by atoms with Crippen molar-refractivity contribution in [2.75, 3.05) is 12.3 Å². The zero-order chi connectivity index (χ0) is 16.0. The van der Waals surface area contributed by atoms with Gasteiger partial charge in [-0.15, -0.1) is 0 Å². The SMILES string of the molecule is CC1c2cc(N)ccc2C(C)(C)CN1C(=O)OC(C)(C)C. The van der Waals surface area contributed by atoms with Crippen LogP contribution in [0, 0.1) is 0 Å². The Morgan fingerprint density at radius 2 is 2.00 bits per heavy atom. The number of carbonyl (C=O) groups is 1. The van der Waals surface area contributed by atoms with Crippen molar-refractivity contribution in [3.8, 4) is 0 Å². The van der Waals surface area contributed by atoms with E-state index in [1.165, 1.54) is 5.56 Å². The van der Waals surface area contributed by atoms with Gasteiger partial charge in [0.15, 0.2) is 0 Å². The molecule has 1 amide bonds. The number of nitrogen functional groups attached to an aromatic ring is 1. The van der Waals surface area contributed by atoms with Crippen LogP contribution in [0.2, 0.25) is 0 Å². The molecule has 1 aliphatic heterocycles. The molecular weight excluding hydrogens is 264 g/mol. The number of hydrogen-bond acceptors (Lipinski definition) is 3. The Morgan fingerprint density at radius 1 is 1.38 bits per heavy atom. The monoisotopic (exact) mass is 290 g/mol. The van der Waals surface area contributed by atoms with E-state index in [2.05, 4.69) is 19.9 Å². The molecule has 0 aliphatic carbocycles. The van der Waals surface area contributed by atoms with Crippen LogP contribution in [0.4, 0.5) is 10.5 Å². The molecule has 0 aromatic heterocycles. The largest absolute Gasteiger partial charge is 0.444 e. The fourth-order valence-electron chi connectivity index (χ4n) is 2.90. The number of ether oxygens (including phenoxy) is 1. The Bertz CT molecular complexity index is 558. The topological polar surface area (TPSA) is 55.6 Å². The Morgan fingerprint density at radius 3 is 2.57 bits per heavy atom. The molecule has 0 spiro atoms. The summed E-state index contributed by atoms with van der Waals surface area (Å²) in [5.41, 5.74) is 8.40. The number of nitrogens with zero attached hydrogens (tertiary/aromatic N) is 1. The van der Waals surface area contributed by atoms with Gasteiger partial charge in [0, 0.05) is 17.6 Å². The van der Waals surface area contributed by atoms with E-state index in [4.69, 9.17) is 10.5 Å². The summed E-state index contributed by atoms with van der Waals surface area (Å²) in [5.74, 6) is 0. The van der Waals surface area contributed by atoms with Crippen LogP contribution in [0.1, 0.15) is 58.7 Å². The molecule has 2 N–H and O–H groups in total. The van der Waals surface area contributed by atoms with Gasteiger partial charge in [0.25, 0.3) is 0 Å². The van der Waals surface area contributed by atoms with Crippen LogP contribution in [0.25, 0.3) is 0 Å². The van der Waals surface area contributed by atoms with E-state index in [0.29, 0.717) is 6.54 Å². The lowest BCUT2D eigenvalue weighted by Gasteiger charge is -2.44. The maximum absolute atomic E-state index is 12.5. The Labute approximate surface area is 127 Å². The Kier molecular flexibility index (Phi) is 3.68. The second kappa shape index (κ2) is 4.93. The number of carbonyl (C=O) groups excluding carboxylic acids is 1. The molecule has 1 atom stereocenters. The number of nitrogens with two attached hydrogens (primary N) is 1. The molecule has 0 radical (unpaired) electrons. The van der Waals surface area contributed by atoms with Crippen LogP contribution in [0.15, 0.2) is 18.2 Å². The quantitative estimate of drug-likeness (QED) is 0.738. The molecule has 0 saturated carbocycles. The molecular formula is C17H26N2O2. The lowest BCUT2D eigenvalue weighted by Crippen LogP contribution is -2.48. The normalized spacial score (nSPS) is 20.9. The number of fused-ring (bicyclic) bond motifs is 1. The van der Waals surface area contributed by atoms with Crippen LogP contribution in [0.3, 0.4) is 0 Å². The minimum atomic E-state index is -0.489. The highest BCUT2D eigenvalue weighted by molar-refractivity contribution is 5.70. The van der Waals surface area contributed by atoms with Crippen LogP contribution < -0.4 is 5.73 Å². The van der Waals surface area contributed by atoms with E-state index in [-0.39, 0.29) is 17.6 Å². The van der Waals surface area contributed by atoms with E-state index >= 15 is 0 Å². The third kappa shape index (κ3) is 3.14. The van der Waals surface area contributed by atoms with Gasteiger partial charge in [-0.1, -0.05) is 19.9 Å². The van der Waals surface area contributed by atoms with Gasteiger partial charge in [-0.25, -0.2) is 4.79 Å². The predicted octanol–water partition coefficient (Wildman–Crippen LogP) is 3.86. The number of anilines is 1. The smallest absolute Gasteiger partial charge is 0.410 e. The first-order valence-corrected chi connectivity index (χ1v) is 7.41. The highest BCUT2D eigenvalue weighted by atomic mass is 16.6. The van der Waals surface area contributed by atoms with Gasteiger partial charge in [0.05, 0.1) is 6.04 Å². The van der Waals surface area contributed by atoms with Gasteiger partial charge in [0.1, 0.15) is 5.60 Å². The molecule has 0 fully saturated rings. The highest BCUT2D eigenvalue weighted by Gasteiger charge is 2.39. The van der Waals surface area contributed by atoms with Crippen molar-refractivity contribution >= 4 is 11.8 Å². The van der Waals surface area contributed by atoms with E-state index in [9.17, 15) is 4.79 Å². The first-order valence-electron chi connectivity index (χ1n) is 7.41. The standard InChI is InChI=1S/C17H26N2O2/c1-11-13-9-12(18)7-8-14(13)17(5,6)10-19(11)15(20)21-16(2,3)4/h7-9,11H,10,18H2,1-6H3. The highest BCUT2D eigenvalue weighted by Crippen LogP contribution is 2.40. The molecule has 2 rings (SSSR count). The summed E-state index contributed by atoms with van der Waals surface area (Å²) in [6, 6.07) is 5.94. The first-order chi connectivity index (χ1) is 9.51. The maximum Gasteiger partial charge on any atom is 0.410 e. The number of rotatable bonds is 0. The fourth-order valence-corrected chi connectivity index (χ4v) is 2.90. The van der Waals surface area contributed by atoms with E-state index in [0.717, 1.165) is 11.3 Å². The Hall–Kier alpha value is -1.71. The summed E-state index contributed by atoms with van der Waals surface area (Å²) in [7, 11) is 0. The van der Waals surface area contributed by atoms with Gasteiger partial charge < -0.3 is 15.4 Å². The average Bonchev–Trinajstić information content (AvgIpc) is 2.31. The minimum absolute atomic E-state index is 0.0358. The third-order valence-electron chi connectivity index (χ3n) is 3.92. The second-order valence-corrected chi connectivity index (χ2v) is 7.51. The molecule has 0 bridgehead atoms. The van der Waals surface area contributed by atoms with Crippen molar-refractivity contribution in [2.24, 2.45) is 0 Å². The molecule has 116 valence electrons. The molecule has 0 saturated heterocycles. The van der Waals surface area contributed by atoms with E-state index in [1.54, 1.807) is 4.90 Å². The molecule has 1 aliphatic rings. The molecule has 1 aromatic carbocycles. The molecule has 1 aromatic rings. The molecule has 1 unspecified atom stereocenters. The van der Waals surface area contributed by atoms with Gasteiger partial charge in [-0.05, 0) is 51.0 Å². The van der Waals surface area contributed by atoms with Crippen molar-refractivity contribution in [3.05, 3.63) is 29.3 Å². The second-order valence-electron chi connectivity index (χ2n) is 7.51. The van der Waals surface area contributed by atoms with Crippen molar-refractivity contribution in [1.29, 1.82) is 0 Å². The average molecular weight is 290 g/mol.